The third-order valence-corrected chi connectivity index (χ3v) is 9.05. The average Bonchev–Trinajstić information content (AvgIpc) is 2.37. The first-order valence-electron chi connectivity index (χ1n) is 7.57. The van der Waals surface area contributed by atoms with Crippen LogP contribution in [0.15, 0.2) is 24.4 Å². The summed E-state index contributed by atoms with van der Waals surface area (Å²) in [7, 11) is -1.75. The molecule has 0 saturated heterocycles. The van der Waals surface area contributed by atoms with E-state index in [1.165, 1.54) is 0 Å². The van der Waals surface area contributed by atoms with E-state index in [-0.39, 0.29) is 10.8 Å². The number of Topliss-reactive ketones (excluding diaryl/α,β-unsaturated/α-hetero) is 1. The highest BCUT2D eigenvalue weighted by molar-refractivity contribution is 6.74. The topological polar surface area (TPSA) is 39.2 Å². The van der Waals surface area contributed by atoms with E-state index in [4.69, 9.17) is 4.43 Å². The largest absolute Gasteiger partial charge is 0.417 e. The molecule has 4 heteroatoms. The fourth-order valence-corrected chi connectivity index (χ4v) is 2.78. The molecular formula is C17H29NO2Si. The zero-order valence-electron chi connectivity index (χ0n) is 14.5. The zero-order chi connectivity index (χ0) is 16.3. The van der Waals surface area contributed by atoms with Crippen molar-refractivity contribution in [1.29, 1.82) is 0 Å². The maximum Gasteiger partial charge on any atom is 0.191 e. The van der Waals surface area contributed by atoms with Gasteiger partial charge in [-0.2, -0.15) is 0 Å². The number of carbonyl (C=O) groups is 1. The summed E-state index contributed by atoms with van der Waals surface area (Å²) in [6.07, 6.45) is 2.38. The van der Waals surface area contributed by atoms with Crippen LogP contribution in [0.1, 0.15) is 51.5 Å². The Kier molecular flexibility index (Phi) is 5.50. The molecule has 0 saturated carbocycles. The zero-order valence-corrected chi connectivity index (χ0v) is 15.5. The summed E-state index contributed by atoms with van der Waals surface area (Å²) in [5.41, 5.74) is 0.0892. The van der Waals surface area contributed by atoms with E-state index in [2.05, 4.69) is 38.8 Å². The molecule has 1 rings (SSSR count). The highest BCUT2D eigenvalue weighted by atomic mass is 28.4. The van der Waals surface area contributed by atoms with Crippen LogP contribution in [0.3, 0.4) is 0 Å². The minimum atomic E-state index is -1.75. The Morgan fingerprint density at radius 1 is 1.19 bits per heavy atom. The Balaban J connectivity index is 2.64. The molecule has 0 amide bonds. The standard InChI is InChI=1S/C17H29NO2Si/c1-16(2,3)21(6,7)20-13-11-17(4,5)15(19)14-10-8-9-12-18-14/h8-10,12H,11,13H2,1-7H3. The number of nitrogens with zero attached hydrogens (tertiary/aromatic N) is 1. The molecule has 0 aliphatic carbocycles. The van der Waals surface area contributed by atoms with E-state index in [9.17, 15) is 4.79 Å². The molecule has 0 unspecified atom stereocenters. The molecule has 0 radical (unpaired) electrons. The predicted octanol–water partition coefficient (Wildman–Crippen LogP) is 4.70. The van der Waals surface area contributed by atoms with Gasteiger partial charge in [0.1, 0.15) is 5.69 Å². The Bertz CT molecular complexity index is 475. The van der Waals surface area contributed by atoms with Gasteiger partial charge in [0.2, 0.25) is 0 Å². The van der Waals surface area contributed by atoms with Crippen LogP contribution in [0.2, 0.25) is 18.1 Å². The SMILES string of the molecule is CC(C)(CCO[Si](C)(C)C(C)(C)C)C(=O)c1ccccn1. The van der Waals surface area contributed by atoms with Crippen molar-refractivity contribution in [2.75, 3.05) is 6.61 Å². The van der Waals surface area contributed by atoms with Crippen molar-refractivity contribution in [1.82, 2.24) is 4.98 Å². The number of hydrogen-bond acceptors (Lipinski definition) is 3. The molecule has 0 spiro atoms. The predicted molar refractivity (Wildman–Crippen MR) is 90.1 cm³/mol. The molecular weight excluding hydrogens is 278 g/mol. The van der Waals surface area contributed by atoms with Crippen molar-refractivity contribution in [3.8, 4) is 0 Å². The van der Waals surface area contributed by atoms with Crippen LogP contribution in [0, 0.1) is 5.41 Å². The first-order chi connectivity index (χ1) is 9.47. The second kappa shape index (κ2) is 6.40. The van der Waals surface area contributed by atoms with E-state index >= 15 is 0 Å². The molecule has 0 aliphatic heterocycles. The molecule has 0 N–H and O–H groups in total. The quantitative estimate of drug-likeness (QED) is 0.565. The third kappa shape index (κ3) is 4.75. The molecule has 0 aliphatic rings. The van der Waals surface area contributed by atoms with E-state index < -0.39 is 13.7 Å². The molecule has 0 aromatic carbocycles. The van der Waals surface area contributed by atoms with Crippen LogP contribution in [0.25, 0.3) is 0 Å². The van der Waals surface area contributed by atoms with Gasteiger partial charge in [-0.3, -0.25) is 9.78 Å². The van der Waals surface area contributed by atoms with Gasteiger partial charge in [0.25, 0.3) is 0 Å². The normalized spacial score (nSPS) is 13.3. The van der Waals surface area contributed by atoms with Crippen molar-refractivity contribution in [3.63, 3.8) is 0 Å². The number of aromatic nitrogens is 1. The van der Waals surface area contributed by atoms with Gasteiger partial charge >= 0.3 is 0 Å². The molecule has 1 heterocycles. The monoisotopic (exact) mass is 307 g/mol. The highest BCUT2D eigenvalue weighted by Gasteiger charge is 2.38. The van der Waals surface area contributed by atoms with Crippen LogP contribution < -0.4 is 0 Å². The molecule has 0 bridgehead atoms. The van der Waals surface area contributed by atoms with E-state index in [0.717, 1.165) is 6.42 Å². The second-order valence-electron chi connectivity index (χ2n) is 7.79. The van der Waals surface area contributed by atoms with Gasteiger partial charge in [-0.15, -0.1) is 0 Å². The lowest BCUT2D eigenvalue weighted by atomic mass is 9.83. The highest BCUT2D eigenvalue weighted by Crippen LogP contribution is 2.37. The Morgan fingerprint density at radius 3 is 2.29 bits per heavy atom. The lowest BCUT2D eigenvalue weighted by Gasteiger charge is -2.37. The van der Waals surface area contributed by atoms with Crippen molar-refractivity contribution in [2.24, 2.45) is 5.41 Å². The summed E-state index contributed by atoms with van der Waals surface area (Å²) in [5, 5.41) is 0.197. The number of rotatable bonds is 6. The van der Waals surface area contributed by atoms with Crippen molar-refractivity contribution < 1.29 is 9.22 Å². The summed E-state index contributed by atoms with van der Waals surface area (Å²) in [4.78, 5) is 16.7. The number of ketones is 1. The summed E-state index contributed by atoms with van der Waals surface area (Å²) in [6.45, 7) is 15.7. The molecule has 1 aromatic rings. The smallest absolute Gasteiger partial charge is 0.191 e. The number of carbonyl (C=O) groups excluding carboxylic acids is 1. The lowest BCUT2D eigenvalue weighted by Crippen LogP contribution is -2.41. The summed E-state index contributed by atoms with van der Waals surface area (Å²) < 4.78 is 6.18. The summed E-state index contributed by atoms with van der Waals surface area (Å²) in [6, 6.07) is 5.45. The van der Waals surface area contributed by atoms with Crippen LogP contribution >= 0.6 is 0 Å². The van der Waals surface area contributed by atoms with E-state index in [0.29, 0.717) is 12.3 Å². The molecule has 1 aromatic heterocycles. The van der Waals surface area contributed by atoms with E-state index in [1.807, 2.05) is 26.0 Å². The Hall–Kier alpha value is -1.00. The van der Waals surface area contributed by atoms with Crippen LogP contribution in [-0.4, -0.2) is 25.7 Å². The third-order valence-electron chi connectivity index (χ3n) is 4.51. The lowest BCUT2D eigenvalue weighted by molar-refractivity contribution is 0.0792. The fraction of sp³-hybridized carbons (Fsp3) is 0.647. The summed E-state index contributed by atoms with van der Waals surface area (Å²) >= 11 is 0. The maximum absolute atomic E-state index is 12.5. The second-order valence-corrected chi connectivity index (χ2v) is 12.6. The molecule has 0 atom stereocenters. The molecule has 118 valence electrons. The average molecular weight is 308 g/mol. The van der Waals surface area contributed by atoms with Gasteiger partial charge in [-0.1, -0.05) is 40.7 Å². The minimum absolute atomic E-state index is 0.0851. The molecule has 0 fully saturated rings. The molecule has 3 nitrogen and oxygen atoms in total. The molecule has 21 heavy (non-hydrogen) atoms. The van der Waals surface area contributed by atoms with Gasteiger partial charge in [-0.25, -0.2) is 0 Å². The van der Waals surface area contributed by atoms with Crippen molar-refractivity contribution >= 4 is 14.1 Å². The van der Waals surface area contributed by atoms with Gasteiger partial charge < -0.3 is 4.43 Å². The first kappa shape index (κ1) is 18.0. The van der Waals surface area contributed by atoms with Crippen molar-refractivity contribution in [3.05, 3.63) is 30.1 Å². The fourth-order valence-electron chi connectivity index (χ4n) is 1.74. The van der Waals surface area contributed by atoms with Gasteiger partial charge in [0, 0.05) is 18.2 Å². The van der Waals surface area contributed by atoms with Gasteiger partial charge in [0.05, 0.1) is 0 Å². The minimum Gasteiger partial charge on any atom is -0.417 e. The van der Waals surface area contributed by atoms with Crippen molar-refractivity contribution in [2.45, 2.75) is 59.2 Å². The van der Waals surface area contributed by atoms with Crippen LogP contribution in [-0.2, 0) is 4.43 Å². The maximum atomic E-state index is 12.5. The van der Waals surface area contributed by atoms with E-state index in [1.54, 1.807) is 12.3 Å². The number of hydrogen-bond donors (Lipinski definition) is 0. The van der Waals surface area contributed by atoms with Crippen LogP contribution in [0.5, 0.6) is 0 Å². The summed E-state index contributed by atoms with van der Waals surface area (Å²) in [5.74, 6) is 0.0851. The Labute approximate surface area is 130 Å². The number of pyridine rings is 1. The van der Waals surface area contributed by atoms with Crippen LogP contribution in [0.4, 0.5) is 0 Å². The van der Waals surface area contributed by atoms with Gasteiger partial charge in [0.15, 0.2) is 14.1 Å². The van der Waals surface area contributed by atoms with Gasteiger partial charge in [-0.05, 0) is 36.7 Å². The first-order valence-corrected chi connectivity index (χ1v) is 10.5. The Morgan fingerprint density at radius 2 is 1.81 bits per heavy atom.